The molecule has 2 N–H and O–H groups in total. The van der Waals surface area contributed by atoms with Gasteiger partial charge >= 0.3 is 0 Å². The number of alkyl halides is 2. The van der Waals surface area contributed by atoms with Crippen molar-refractivity contribution in [2.45, 2.75) is 97.4 Å². The summed E-state index contributed by atoms with van der Waals surface area (Å²) in [7, 11) is 0. The molecule has 1 saturated carbocycles. The zero-order valence-electron chi connectivity index (χ0n) is 36.8. The van der Waals surface area contributed by atoms with E-state index in [2.05, 4.69) is 69.3 Å². The topological polar surface area (TPSA) is 168 Å². The Bertz CT molecular complexity index is 2470. The number of hydrogen-bond acceptors (Lipinski definition) is 13. The second-order valence-electron chi connectivity index (χ2n) is 18.0. The average molecular weight is 898 g/mol. The first-order chi connectivity index (χ1) is 30.6. The lowest BCUT2D eigenvalue weighted by Crippen LogP contribution is -2.74. The first-order valence-corrected chi connectivity index (χ1v) is 22.2. The smallest absolute Gasteiger partial charge is 0.265 e. The highest BCUT2D eigenvalue weighted by molar-refractivity contribution is 6.31. The molecule has 3 aliphatic rings. The van der Waals surface area contributed by atoms with Gasteiger partial charge < -0.3 is 34.6 Å². The number of fused-ring (bicyclic) bond motifs is 1. The normalized spacial score (nSPS) is 20.3. The fourth-order valence-electron chi connectivity index (χ4n) is 9.48. The number of carbonyl (C=O) groups excluding carboxylic acids is 1. The van der Waals surface area contributed by atoms with Crippen molar-refractivity contribution in [2.75, 3.05) is 54.5 Å². The lowest BCUT2D eigenvalue weighted by molar-refractivity contribution is -0.164. The Morgan fingerprint density at radius 3 is 2.41 bits per heavy atom. The number of carbonyl (C=O) groups is 1. The molecule has 15 nitrogen and oxygen atoms in total. The van der Waals surface area contributed by atoms with Crippen molar-refractivity contribution in [3.8, 4) is 17.7 Å². The van der Waals surface area contributed by atoms with Gasteiger partial charge in [0.25, 0.3) is 11.8 Å². The zero-order valence-corrected chi connectivity index (χ0v) is 37.5. The van der Waals surface area contributed by atoms with Crippen LogP contribution in [0, 0.1) is 22.2 Å². The van der Waals surface area contributed by atoms with E-state index in [1.807, 2.05) is 19.1 Å². The molecule has 0 atom stereocenters. The van der Waals surface area contributed by atoms with Crippen LogP contribution in [-0.4, -0.2) is 99.0 Å². The predicted molar refractivity (Wildman–Crippen MR) is 238 cm³/mol. The number of rotatable bonds is 15. The molecule has 18 heteroatoms. The molecule has 338 valence electrons. The highest BCUT2D eigenvalue weighted by atomic mass is 35.5. The van der Waals surface area contributed by atoms with E-state index in [1.54, 1.807) is 58.5 Å². The maximum absolute atomic E-state index is 14.3. The quantitative estimate of drug-likeness (QED) is 0.0992. The Morgan fingerprint density at radius 2 is 1.73 bits per heavy atom. The number of nitrogens with one attached hydrogen (secondary N) is 2. The maximum Gasteiger partial charge on any atom is 0.265 e. The molecule has 2 aliphatic heterocycles. The van der Waals surface area contributed by atoms with Gasteiger partial charge in [0.1, 0.15) is 36.2 Å². The summed E-state index contributed by atoms with van der Waals surface area (Å²) in [6.45, 7) is 13.0. The number of aryl methyl sites for hydroxylation is 1. The number of nitriles is 1. The number of anilines is 3. The largest absolute Gasteiger partial charge is 0.489 e. The van der Waals surface area contributed by atoms with Crippen LogP contribution in [0.5, 0.6) is 11.6 Å². The molecular weight excluding hydrogens is 844 g/mol. The van der Waals surface area contributed by atoms with Crippen molar-refractivity contribution in [1.29, 1.82) is 5.26 Å². The molecule has 64 heavy (non-hydrogen) atoms. The lowest BCUT2D eigenvalue weighted by Gasteiger charge is -2.63. The van der Waals surface area contributed by atoms with Crippen LogP contribution in [0.3, 0.4) is 0 Å². The van der Waals surface area contributed by atoms with E-state index < -0.39 is 16.8 Å². The molecular formula is C46H54ClF2N11O4. The van der Waals surface area contributed by atoms with Crippen LogP contribution in [0.25, 0.3) is 5.65 Å². The molecule has 8 rings (SSSR count). The second kappa shape index (κ2) is 18.3. The van der Waals surface area contributed by atoms with Gasteiger partial charge in [0.2, 0.25) is 11.8 Å². The summed E-state index contributed by atoms with van der Waals surface area (Å²) in [4.78, 5) is 35.4. The molecule has 2 saturated heterocycles. The number of hydrogen-bond donors (Lipinski definition) is 2. The number of pyridine rings is 1. The van der Waals surface area contributed by atoms with Gasteiger partial charge in [-0.15, -0.1) is 0 Å². The second-order valence-corrected chi connectivity index (χ2v) is 18.4. The maximum atomic E-state index is 14.3. The van der Waals surface area contributed by atoms with Crippen LogP contribution in [0.2, 0.25) is 5.02 Å². The van der Waals surface area contributed by atoms with E-state index in [-0.39, 0.29) is 37.1 Å². The molecule has 0 unspecified atom stereocenters. The fourth-order valence-corrected chi connectivity index (χ4v) is 9.70. The van der Waals surface area contributed by atoms with Crippen molar-refractivity contribution in [3.63, 3.8) is 0 Å². The zero-order chi connectivity index (χ0) is 45.2. The Kier molecular flexibility index (Phi) is 12.8. The molecule has 5 aromatic rings. The highest BCUT2D eigenvalue weighted by Crippen LogP contribution is 2.55. The summed E-state index contributed by atoms with van der Waals surface area (Å²) in [5.41, 5.74) is 2.48. The molecule has 6 heterocycles. The van der Waals surface area contributed by atoms with E-state index in [0.29, 0.717) is 96.8 Å². The van der Waals surface area contributed by atoms with Crippen molar-refractivity contribution in [3.05, 3.63) is 88.5 Å². The fraction of sp³-hybridized carbons (Fsp3) is 0.500. The summed E-state index contributed by atoms with van der Waals surface area (Å²) in [5, 5.41) is 20.7. The molecule has 0 bridgehead atoms. The molecule has 1 aliphatic carbocycles. The Balaban J connectivity index is 0.757. The van der Waals surface area contributed by atoms with E-state index in [1.165, 1.54) is 0 Å². The van der Waals surface area contributed by atoms with Crippen LogP contribution < -0.4 is 29.9 Å². The number of aromatic nitrogens is 6. The first kappa shape index (κ1) is 44.7. The molecule has 0 radical (unpaired) electrons. The molecule has 1 amide bonds. The van der Waals surface area contributed by atoms with E-state index in [0.717, 1.165) is 30.4 Å². The molecule has 3 fully saturated rings. The van der Waals surface area contributed by atoms with Gasteiger partial charge in [0.15, 0.2) is 5.65 Å². The Morgan fingerprint density at radius 1 is 0.969 bits per heavy atom. The number of benzene rings is 1. The molecule has 0 spiro atoms. The van der Waals surface area contributed by atoms with Gasteiger partial charge in [-0.05, 0) is 43.4 Å². The third-order valence-electron chi connectivity index (χ3n) is 12.6. The van der Waals surface area contributed by atoms with E-state index in [9.17, 15) is 18.8 Å². The minimum absolute atomic E-state index is 0.0666. The predicted octanol–water partition coefficient (Wildman–Crippen LogP) is 7.53. The van der Waals surface area contributed by atoms with E-state index in [4.69, 9.17) is 30.8 Å². The Hall–Kier alpha value is -5.86. The molecule has 1 aromatic carbocycles. The van der Waals surface area contributed by atoms with Gasteiger partial charge in [-0.3, -0.25) is 4.79 Å². The van der Waals surface area contributed by atoms with Gasteiger partial charge in [0, 0.05) is 91.8 Å². The lowest BCUT2D eigenvalue weighted by atomic mass is 9.49. The van der Waals surface area contributed by atoms with Crippen LogP contribution in [0.15, 0.2) is 61.2 Å². The van der Waals surface area contributed by atoms with Gasteiger partial charge in [-0.2, -0.15) is 14.9 Å². The summed E-state index contributed by atoms with van der Waals surface area (Å²) in [6, 6.07) is 12.4. The van der Waals surface area contributed by atoms with Crippen LogP contribution in [-0.2, 0) is 17.7 Å². The van der Waals surface area contributed by atoms with Crippen molar-refractivity contribution >= 4 is 40.7 Å². The number of nitrogens with zero attached hydrogens (tertiary/aromatic N) is 9. The highest BCUT2D eigenvalue weighted by Gasteiger charge is 2.64. The van der Waals surface area contributed by atoms with Gasteiger partial charge in [-0.25, -0.2) is 28.7 Å². The third kappa shape index (κ3) is 9.49. The average Bonchev–Trinajstić information content (AvgIpc) is 3.71. The third-order valence-corrected chi connectivity index (χ3v) is 13.0. The number of piperidine rings is 2. The van der Waals surface area contributed by atoms with Crippen LogP contribution >= 0.6 is 11.6 Å². The number of halogens is 3. The number of ether oxygens (including phenoxy) is 3. The monoisotopic (exact) mass is 897 g/mol. The minimum Gasteiger partial charge on any atom is -0.489 e. The van der Waals surface area contributed by atoms with E-state index >= 15 is 0 Å². The van der Waals surface area contributed by atoms with Crippen molar-refractivity contribution in [1.82, 2.24) is 34.9 Å². The van der Waals surface area contributed by atoms with Crippen molar-refractivity contribution in [2.24, 2.45) is 10.8 Å². The summed E-state index contributed by atoms with van der Waals surface area (Å²) in [6.07, 6.45) is 9.11. The van der Waals surface area contributed by atoms with Crippen LogP contribution in [0.1, 0.15) is 87.4 Å². The summed E-state index contributed by atoms with van der Waals surface area (Å²) >= 11 is 6.24. The van der Waals surface area contributed by atoms with Gasteiger partial charge in [0.05, 0.1) is 41.6 Å². The summed E-state index contributed by atoms with van der Waals surface area (Å²) < 4.78 is 48.7. The first-order valence-electron chi connectivity index (χ1n) is 21.8. The van der Waals surface area contributed by atoms with Gasteiger partial charge in [-0.1, -0.05) is 52.3 Å². The summed E-state index contributed by atoms with van der Waals surface area (Å²) in [5.74, 6) is -0.193. The SMILES string of the molecule is CCc1cnn2c(NCc3ccc(OCCOC4CCN(c5ncc(C(=O)NC6C(C)(C)C(Oc7ccc(C#N)c(Cl)c7)C6(C)C)cn5)CC4)nc3)cc(N3CCCC(F)(F)C3)nc12. The molecule has 4 aromatic heterocycles. The van der Waals surface area contributed by atoms with Crippen molar-refractivity contribution < 1.29 is 27.8 Å². The number of amides is 1. The Labute approximate surface area is 376 Å². The van der Waals surface area contributed by atoms with Crippen LogP contribution in [0.4, 0.5) is 26.4 Å². The minimum atomic E-state index is -2.74. The standard InChI is InChI=1S/C46H54ClF2N11O4/c1-6-30-27-55-60-36(21-37(56-39(30)60)59-15-7-14-46(48,49)28-59)51-23-29-8-11-38(52-24-29)63-19-18-62-33-12-16-58(17-13-33)43-53-25-32(26-54-43)40(61)57-41-44(2,3)42(45(41,4)5)64-34-10-9-31(22-50)35(47)20-34/h8-11,20-21,24-27,33,41-42,51H,6-7,12-19,23,28H2,1-5H3,(H,57,61).